The first-order valence-electron chi connectivity index (χ1n) is 12.1. The summed E-state index contributed by atoms with van der Waals surface area (Å²) in [5.41, 5.74) is 2.08. The number of amides is 1. The minimum Gasteiger partial charge on any atom is -0.326 e. The number of carbonyl (C=O) groups excluding carboxylic acids is 2. The van der Waals surface area contributed by atoms with Crippen LogP contribution in [0.2, 0.25) is 5.02 Å². The molecule has 0 spiro atoms. The number of guanidine groups is 1. The lowest BCUT2D eigenvalue weighted by molar-refractivity contribution is 0.0944. The number of hydrogen-bond donors (Lipinski definition) is 2. The average Bonchev–Trinajstić information content (AvgIpc) is 2.87. The minimum atomic E-state index is -1.11. The molecule has 0 bridgehead atoms. The molecule has 1 heterocycles. The molecule has 2 aromatic carbocycles. The standard InChI is InChI=1S/C28H27ClF2N4O2/c1-17-13-19(11-12-32-17)26(36)14-18-5-8-22(9-6-18)33-28(34-23-4-2-3-21(29)16-23)35-27(37)20-7-10-24(30)25(31)15-20/h2-4,7,10-13,15-16,18,22H,5-6,8-9,14H2,1H3,(H2,33,34,35,37). The van der Waals surface area contributed by atoms with Crippen LogP contribution in [0.3, 0.4) is 0 Å². The van der Waals surface area contributed by atoms with Gasteiger partial charge in [-0.25, -0.2) is 13.8 Å². The Kier molecular flexibility index (Phi) is 8.61. The molecule has 3 aromatic rings. The van der Waals surface area contributed by atoms with Crippen molar-refractivity contribution in [2.24, 2.45) is 10.9 Å². The lowest BCUT2D eigenvalue weighted by atomic mass is 9.82. The number of aromatic nitrogens is 1. The Morgan fingerprint density at radius 3 is 2.49 bits per heavy atom. The molecule has 0 atom stereocenters. The summed E-state index contributed by atoms with van der Waals surface area (Å²) < 4.78 is 27.0. The van der Waals surface area contributed by atoms with Gasteiger partial charge >= 0.3 is 0 Å². The van der Waals surface area contributed by atoms with Gasteiger partial charge in [0.2, 0.25) is 5.96 Å². The van der Waals surface area contributed by atoms with Crippen LogP contribution in [0.15, 0.2) is 65.8 Å². The zero-order valence-corrected chi connectivity index (χ0v) is 21.1. The van der Waals surface area contributed by atoms with E-state index < -0.39 is 17.5 Å². The van der Waals surface area contributed by atoms with Crippen LogP contribution in [0.5, 0.6) is 0 Å². The summed E-state index contributed by atoms with van der Waals surface area (Å²) in [5.74, 6) is -2.21. The van der Waals surface area contributed by atoms with E-state index in [1.54, 1.807) is 36.5 Å². The number of nitrogens with zero attached hydrogens (tertiary/aromatic N) is 2. The van der Waals surface area contributed by atoms with E-state index in [0.29, 0.717) is 22.7 Å². The molecule has 1 aliphatic carbocycles. The number of halogens is 3. The highest BCUT2D eigenvalue weighted by Crippen LogP contribution is 2.30. The van der Waals surface area contributed by atoms with Crippen molar-refractivity contribution in [2.45, 2.75) is 45.1 Å². The third kappa shape index (κ3) is 7.43. The molecule has 0 radical (unpaired) electrons. The quantitative estimate of drug-likeness (QED) is 0.223. The summed E-state index contributed by atoms with van der Waals surface area (Å²) >= 11 is 6.09. The molecule has 0 saturated heterocycles. The second kappa shape index (κ2) is 12.1. The van der Waals surface area contributed by atoms with Gasteiger partial charge in [0.15, 0.2) is 17.4 Å². The Labute approximate surface area is 219 Å². The first-order chi connectivity index (χ1) is 17.8. The van der Waals surface area contributed by atoms with E-state index in [0.717, 1.165) is 43.5 Å². The topological polar surface area (TPSA) is 83.5 Å². The third-order valence-electron chi connectivity index (χ3n) is 6.32. The van der Waals surface area contributed by atoms with Gasteiger partial charge < -0.3 is 5.32 Å². The van der Waals surface area contributed by atoms with Gasteiger partial charge in [0.1, 0.15) is 0 Å². The first kappa shape index (κ1) is 26.4. The highest BCUT2D eigenvalue weighted by atomic mass is 35.5. The maximum absolute atomic E-state index is 13.7. The lowest BCUT2D eigenvalue weighted by Gasteiger charge is -2.26. The minimum absolute atomic E-state index is 0.0342. The van der Waals surface area contributed by atoms with Crippen LogP contribution in [0.25, 0.3) is 0 Å². The molecular weight excluding hydrogens is 498 g/mol. The number of anilines is 1. The van der Waals surface area contributed by atoms with E-state index in [2.05, 4.69) is 15.6 Å². The van der Waals surface area contributed by atoms with Crippen molar-refractivity contribution in [1.82, 2.24) is 10.3 Å². The van der Waals surface area contributed by atoms with Gasteiger partial charge in [-0.05, 0) is 87.1 Å². The highest BCUT2D eigenvalue weighted by molar-refractivity contribution is 6.31. The van der Waals surface area contributed by atoms with Crippen LogP contribution in [0.1, 0.15) is 58.5 Å². The molecule has 1 saturated carbocycles. The molecule has 2 N–H and O–H groups in total. The summed E-state index contributed by atoms with van der Waals surface area (Å²) in [4.78, 5) is 34.3. The Hall–Kier alpha value is -3.65. The number of pyridine rings is 1. The average molecular weight is 525 g/mol. The summed E-state index contributed by atoms with van der Waals surface area (Å²) in [6, 6.07) is 13.4. The molecule has 1 aromatic heterocycles. The molecule has 1 amide bonds. The van der Waals surface area contributed by atoms with Crippen LogP contribution in [-0.2, 0) is 0 Å². The molecule has 0 unspecified atom stereocenters. The summed E-state index contributed by atoms with van der Waals surface area (Å²) in [5, 5.41) is 6.25. The largest absolute Gasteiger partial charge is 0.326 e. The number of benzene rings is 2. The van der Waals surface area contributed by atoms with Gasteiger partial charge in [-0.15, -0.1) is 0 Å². The zero-order valence-electron chi connectivity index (χ0n) is 20.3. The molecule has 0 aliphatic heterocycles. The normalized spacial score (nSPS) is 17.8. The predicted molar refractivity (Wildman–Crippen MR) is 140 cm³/mol. The van der Waals surface area contributed by atoms with E-state index in [-0.39, 0.29) is 29.3 Å². The number of aliphatic imine (C=N–C) groups is 1. The maximum Gasteiger partial charge on any atom is 0.258 e. The van der Waals surface area contributed by atoms with E-state index >= 15 is 0 Å². The van der Waals surface area contributed by atoms with Crippen molar-refractivity contribution in [3.63, 3.8) is 0 Å². The van der Waals surface area contributed by atoms with Crippen LogP contribution in [0.4, 0.5) is 14.5 Å². The van der Waals surface area contributed by atoms with E-state index in [1.807, 2.05) is 13.0 Å². The summed E-state index contributed by atoms with van der Waals surface area (Å²) in [6.07, 6.45) is 5.26. The van der Waals surface area contributed by atoms with Crippen LogP contribution in [0, 0.1) is 24.5 Å². The van der Waals surface area contributed by atoms with Gasteiger partial charge in [-0.2, -0.15) is 0 Å². The van der Waals surface area contributed by atoms with Gasteiger partial charge in [0.05, 0.1) is 6.04 Å². The Balaban J connectivity index is 1.43. The van der Waals surface area contributed by atoms with Crippen molar-refractivity contribution in [1.29, 1.82) is 0 Å². The molecule has 192 valence electrons. The highest BCUT2D eigenvalue weighted by Gasteiger charge is 2.24. The van der Waals surface area contributed by atoms with Gasteiger partial charge in [0.25, 0.3) is 5.91 Å². The Bertz CT molecular complexity index is 1320. The Morgan fingerprint density at radius 1 is 1.00 bits per heavy atom. The molecule has 1 fully saturated rings. The van der Waals surface area contributed by atoms with Crippen molar-refractivity contribution < 1.29 is 18.4 Å². The number of nitrogens with one attached hydrogen (secondary N) is 2. The lowest BCUT2D eigenvalue weighted by Crippen LogP contribution is -2.37. The van der Waals surface area contributed by atoms with E-state index in [1.165, 1.54) is 6.07 Å². The number of ketones is 1. The molecule has 4 rings (SSSR count). The number of aryl methyl sites for hydroxylation is 1. The van der Waals surface area contributed by atoms with Gasteiger partial charge in [-0.3, -0.25) is 19.9 Å². The fourth-order valence-corrected chi connectivity index (χ4v) is 4.57. The van der Waals surface area contributed by atoms with Crippen molar-refractivity contribution in [3.05, 3.63) is 94.3 Å². The molecular formula is C28H27ClF2N4O2. The SMILES string of the molecule is Cc1cc(C(=O)CC2CCC(N=C(NC(=O)c3ccc(F)c(F)c3)Nc3cccc(Cl)c3)CC2)ccn1. The maximum atomic E-state index is 13.7. The Morgan fingerprint density at radius 2 is 1.78 bits per heavy atom. The monoisotopic (exact) mass is 524 g/mol. The molecule has 37 heavy (non-hydrogen) atoms. The van der Waals surface area contributed by atoms with E-state index in [9.17, 15) is 18.4 Å². The third-order valence-corrected chi connectivity index (χ3v) is 6.56. The van der Waals surface area contributed by atoms with Crippen LogP contribution in [-0.4, -0.2) is 28.7 Å². The van der Waals surface area contributed by atoms with Crippen molar-refractivity contribution in [2.75, 3.05) is 5.32 Å². The van der Waals surface area contributed by atoms with Gasteiger partial charge in [0, 0.05) is 40.1 Å². The number of hydrogen-bond acceptors (Lipinski definition) is 4. The molecule has 1 aliphatic rings. The molecule has 6 nitrogen and oxygen atoms in total. The van der Waals surface area contributed by atoms with Crippen molar-refractivity contribution >= 4 is 34.9 Å². The van der Waals surface area contributed by atoms with Crippen LogP contribution < -0.4 is 10.6 Å². The fourth-order valence-electron chi connectivity index (χ4n) is 4.38. The second-order valence-electron chi connectivity index (χ2n) is 9.18. The van der Waals surface area contributed by atoms with E-state index in [4.69, 9.17) is 16.6 Å². The fraction of sp³-hybridized carbons (Fsp3) is 0.286. The summed E-state index contributed by atoms with van der Waals surface area (Å²) in [6.45, 7) is 1.86. The zero-order chi connectivity index (χ0) is 26.4. The van der Waals surface area contributed by atoms with Gasteiger partial charge in [-0.1, -0.05) is 17.7 Å². The molecule has 9 heteroatoms. The second-order valence-corrected chi connectivity index (χ2v) is 9.62. The summed E-state index contributed by atoms with van der Waals surface area (Å²) in [7, 11) is 0. The smallest absolute Gasteiger partial charge is 0.258 e. The first-order valence-corrected chi connectivity index (χ1v) is 12.5. The number of rotatable bonds is 6. The van der Waals surface area contributed by atoms with Crippen LogP contribution >= 0.6 is 11.6 Å². The number of Topliss-reactive ketones (excluding diaryl/α,β-unsaturated/α-hetero) is 1. The van der Waals surface area contributed by atoms with Crippen molar-refractivity contribution in [3.8, 4) is 0 Å². The number of carbonyl (C=O) groups is 2. The predicted octanol–water partition coefficient (Wildman–Crippen LogP) is 6.35.